The smallest absolute Gasteiger partial charge is 0.253 e. The molecular weight excluding hydrogens is 394 g/mol. The summed E-state index contributed by atoms with van der Waals surface area (Å²) >= 11 is 1.49. The minimum atomic E-state index is -3.33. The minimum absolute atomic E-state index is 0.0447. The zero-order chi connectivity index (χ0) is 19.9. The van der Waals surface area contributed by atoms with Gasteiger partial charge in [-0.2, -0.15) is 0 Å². The molecular formula is C20H21N3O3S2. The van der Waals surface area contributed by atoms with E-state index in [2.05, 4.69) is 9.88 Å². The van der Waals surface area contributed by atoms with Crippen LogP contribution in [0.5, 0.6) is 0 Å². The molecule has 0 atom stereocenters. The molecule has 28 heavy (non-hydrogen) atoms. The Morgan fingerprint density at radius 2 is 1.71 bits per heavy atom. The molecule has 0 bridgehead atoms. The van der Waals surface area contributed by atoms with E-state index >= 15 is 0 Å². The second-order valence-electron chi connectivity index (χ2n) is 7.02. The third-order valence-corrected chi connectivity index (χ3v) is 7.12. The summed E-state index contributed by atoms with van der Waals surface area (Å²) in [4.78, 5) is 21.5. The van der Waals surface area contributed by atoms with Crippen molar-refractivity contribution in [3.8, 4) is 0 Å². The predicted molar refractivity (Wildman–Crippen MR) is 112 cm³/mol. The van der Waals surface area contributed by atoms with Gasteiger partial charge in [-0.3, -0.25) is 4.79 Å². The Bertz CT molecular complexity index is 1130. The first-order chi connectivity index (χ1) is 13.3. The molecule has 1 aromatic heterocycles. The van der Waals surface area contributed by atoms with Crippen molar-refractivity contribution in [1.82, 2.24) is 9.88 Å². The van der Waals surface area contributed by atoms with Crippen molar-refractivity contribution < 1.29 is 13.2 Å². The SMILES string of the molecule is Cc1ccc(C(=O)N2CCN(c3nc4c(S(C)(=O)=O)cccc4s3)CC2)cc1. The van der Waals surface area contributed by atoms with E-state index in [9.17, 15) is 13.2 Å². The topological polar surface area (TPSA) is 70.6 Å². The first-order valence-corrected chi connectivity index (χ1v) is 11.7. The summed E-state index contributed by atoms with van der Waals surface area (Å²) in [5.74, 6) is 0.0447. The molecule has 1 aliphatic heterocycles. The molecule has 0 spiro atoms. The van der Waals surface area contributed by atoms with Crippen molar-refractivity contribution in [2.45, 2.75) is 11.8 Å². The van der Waals surface area contributed by atoms with Gasteiger partial charge in [-0.15, -0.1) is 0 Å². The summed E-state index contributed by atoms with van der Waals surface area (Å²) in [5, 5.41) is 0.800. The van der Waals surface area contributed by atoms with Gasteiger partial charge in [0.1, 0.15) is 5.52 Å². The van der Waals surface area contributed by atoms with Crippen LogP contribution in [-0.4, -0.2) is 56.6 Å². The van der Waals surface area contributed by atoms with E-state index < -0.39 is 9.84 Å². The number of fused-ring (bicyclic) bond motifs is 1. The number of carbonyl (C=O) groups is 1. The summed E-state index contributed by atoms with van der Waals surface area (Å²) in [6.45, 7) is 4.57. The first-order valence-electron chi connectivity index (χ1n) is 9.03. The zero-order valence-corrected chi connectivity index (χ0v) is 17.4. The molecule has 0 unspecified atom stereocenters. The lowest BCUT2D eigenvalue weighted by molar-refractivity contribution is 0.0747. The molecule has 0 aliphatic carbocycles. The molecule has 1 aliphatic rings. The lowest BCUT2D eigenvalue weighted by atomic mass is 10.1. The highest BCUT2D eigenvalue weighted by atomic mass is 32.2. The van der Waals surface area contributed by atoms with Crippen molar-refractivity contribution in [1.29, 1.82) is 0 Å². The maximum absolute atomic E-state index is 12.7. The van der Waals surface area contributed by atoms with E-state index in [1.54, 1.807) is 12.1 Å². The summed E-state index contributed by atoms with van der Waals surface area (Å²) in [7, 11) is -3.33. The average molecular weight is 416 g/mol. The third-order valence-electron chi connectivity index (χ3n) is 4.91. The maximum Gasteiger partial charge on any atom is 0.253 e. The zero-order valence-electron chi connectivity index (χ0n) is 15.8. The lowest BCUT2D eigenvalue weighted by Crippen LogP contribution is -2.48. The molecule has 0 radical (unpaired) electrons. The third kappa shape index (κ3) is 3.62. The van der Waals surface area contributed by atoms with Crippen LogP contribution >= 0.6 is 11.3 Å². The quantitative estimate of drug-likeness (QED) is 0.658. The molecule has 4 rings (SSSR count). The highest BCUT2D eigenvalue weighted by Crippen LogP contribution is 2.33. The highest BCUT2D eigenvalue weighted by Gasteiger charge is 2.25. The Balaban J connectivity index is 1.51. The van der Waals surface area contributed by atoms with Crippen molar-refractivity contribution in [2.75, 3.05) is 37.3 Å². The van der Waals surface area contributed by atoms with Gasteiger partial charge in [0.25, 0.3) is 5.91 Å². The normalized spacial score (nSPS) is 15.2. The van der Waals surface area contributed by atoms with Gasteiger partial charge in [0.2, 0.25) is 0 Å². The molecule has 146 valence electrons. The van der Waals surface area contributed by atoms with Crippen LogP contribution in [-0.2, 0) is 9.84 Å². The molecule has 6 nitrogen and oxygen atoms in total. The first kappa shape index (κ1) is 18.9. The van der Waals surface area contributed by atoms with Gasteiger partial charge < -0.3 is 9.80 Å². The molecule has 0 saturated carbocycles. The van der Waals surface area contributed by atoms with Gasteiger partial charge >= 0.3 is 0 Å². The second-order valence-corrected chi connectivity index (χ2v) is 10.0. The van der Waals surface area contributed by atoms with Crippen LogP contribution in [0.15, 0.2) is 47.4 Å². The number of hydrogen-bond donors (Lipinski definition) is 0. The number of para-hydroxylation sites is 1. The fraction of sp³-hybridized carbons (Fsp3) is 0.300. The number of anilines is 1. The van der Waals surface area contributed by atoms with Crippen LogP contribution in [0.1, 0.15) is 15.9 Å². The minimum Gasteiger partial charge on any atom is -0.345 e. The van der Waals surface area contributed by atoms with Crippen LogP contribution in [0.2, 0.25) is 0 Å². The number of carbonyl (C=O) groups excluding carboxylic acids is 1. The standard InChI is InChI=1S/C20H21N3O3S2/c1-14-6-8-15(9-7-14)19(24)22-10-12-23(13-11-22)20-21-18-16(27-20)4-3-5-17(18)28(2,25)26/h3-9H,10-13H2,1-2H3. The van der Waals surface area contributed by atoms with E-state index in [4.69, 9.17) is 0 Å². The summed E-state index contributed by atoms with van der Waals surface area (Å²) in [6.07, 6.45) is 1.20. The number of rotatable bonds is 3. The van der Waals surface area contributed by atoms with E-state index in [0.717, 1.165) is 15.4 Å². The van der Waals surface area contributed by atoms with Gasteiger partial charge in [0.05, 0.1) is 9.60 Å². The molecule has 2 aromatic carbocycles. The van der Waals surface area contributed by atoms with Crippen molar-refractivity contribution in [3.05, 3.63) is 53.6 Å². The predicted octanol–water partition coefficient (Wildman–Crippen LogP) is 2.97. The van der Waals surface area contributed by atoms with Crippen LogP contribution in [0, 0.1) is 6.92 Å². The van der Waals surface area contributed by atoms with Crippen molar-refractivity contribution >= 4 is 42.4 Å². The summed E-state index contributed by atoms with van der Waals surface area (Å²) in [5.41, 5.74) is 2.37. The highest BCUT2D eigenvalue weighted by molar-refractivity contribution is 7.91. The number of thiazole rings is 1. The number of amides is 1. The number of hydrogen-bond acceptors (Lipinski definition) is 6. The molecule has 1 fully saturated rings. The number of aromatic nitrogens is 1. The van der Waals surface area contributed by atoms with Gasteiger partial charge in [-0.05, 0) is 31.2 Å². The maximum atomic E-state index is 12.7. The monoisotopic (exact) mass is 415 g/mol. The number of sulfone groups is 1. The second kappa shape index (κ2) is 7.18. The molecule has 3 aromatic rings. The Hall–Kier alpha value is -2.45. The van der Waals surface area contributed by atoms with E-state index in [0.29, 0.717) is 37.3 Å². The number of aryl methyl sites for hydroxylation is 1. The number of benzene rings is 2. The molecule has 0 N–H and O–H groups in total. The van der Waals surface area contributed by atoms with Gasteiger partial charge in [0, 0.05) is 38.0 Å². The van der Waals surface area contributed by atoms with Crippen LogP contribution in [0.3, 0.4) is 0 Å². The van der Waals surface area contributed by atoms with Gasteiger partial charge in [-0.1, -0.05) is 35.1 Å². The van der Waals surface area contributed by atoms with Crippen molar-refractivity contribution in [2.24, 2.45) is 0 Å². The average Bonchev–Trinajstić information content (AvgIpc) is 3.11. The number of nitrogens with zero attached hydrogens (tertiary/aromatic N) is 3. The molecule has 2 heterocycles. The van der Waals surface area contributed by atoms with E-state index in [-0.39, 0.29) is 10.8 Å². The number of piperazine rings is 1. The Kier molecular flexibility index (Phi) is 4.84. The van der Waals surface area contributed by atoms with Gasteiger partial charge in [0.15, 0.2) is 15.0 Å². The van der Waals surface area contributed by atoms with Crippen molar-refractivity contribution in [3.63, 3.8) is 0 Å². The Morgan fingerprint density at radius 3 is 2.36 bits per heavy atom. The van der Waals surface area contributed by atoms with Crippen LogP contribution < -0.4 is 4.90 Å². The van der Waals surface area contributed by atoms with Crippen LogP contribution in [0.4, 0.5) is 5.13 Å². The van der Waals surface area contributed by atoms with Gasteiger partial charge in [-0.25, -0.2) is 13.4 Å². The lowest BCUT2D eigenvalue weighted by Gasteiger charge is -2.34. The fourth-order valence-electron chi connectivity index (χ4n) is 3.33. The van der Waals surface area contributed by atoms with E-state index in [1.165, 1.54) is 17.6 Å². The Morgan fingerprint density at radius 1 is 1.04 bits per heavy atom. The Labute approximate surface area is 168 Å². The van der Waals surface area contributed by atoms with Crippen LogP contribution in [0.25, 0.3) is 10.2 Å². The molecule has 8 heteroatoms. The molecule has 1 saturated heterocycles. The summed E-state index contributed by atoms with van der Waals surface area (Å²) < 4.78 is 24.9. The van der Waals surface area contributed by atoms with E-state index in [1.807, 2.05) is 42.2 Å². The fourth-order valence-corrected chi connectivity index (χ4v) is 5.27. The molecule has 1 amide bonds. The largest absolute Gasteiger partial charge is 0.345 e. The summed E-state index contributed by atoms with van der Waals surface area (Å²) in [6, 6.07) is 12.9.